The van der Waals surface area contributed by atoms with Crippen LogP contribution in [-0.4, -0.2) is 28.2 Å². The van der Waals surface area contributed by atoms with Crippen molar-refractivity contribution in [2.45, 2.75) is 19.8 Å². The monoisotopic (exact) mass is 320 g/mol. The molecule has 3 aliphatic rings. The molecule has 4 heteroatoms. The Hall–Kier alpha value is -2.36. The van der Waals surface area contributed by atoms with Gasteiger partial charge >= 0.3 is 0 Å². The van der Waals surface area contributed by atoms with Crippen LogP contribution < -0.4 is 0 Å². The molecule has 2 fully saturated rings. The van der Waals surface area contributed by atoms with E-state index in [0.29, 0.717) is 6.54 Å². The number of imide groups is 1. The van der Waals surface area contributed by atoms with Gasteiger partial charge in [-0.2, -0.15) is 0 Å². The molecule has 1 aromatic heterocycles. The number of fused-ring (bicyclic) bond motifs is 6. The van der Waals surface area contributed by atoms with Crippen molar-refractivity contribution in [1.29, 1.82) is 0 Å². The van der Waals surface area contributed by atoms with E-state index in [1.54, 1.807) is 0 Å². The molecule has 4 atom stereocenters. The summed E-state index contributed by atoms with van der Waals surface area (Å²) in [6.45, 7) is 2.55. The van der Waals surface area contributed by atoms with E-state index in [1.165, 1.54) is 15.8 Å². The Morgan fingerprint density at radius 1 is 1.08 bits per heavy atom. The van der Waals surface area contributed by atoms with Gasteiger partial charge in [-0.3, -0.25) is 14.5 Å². The number of nitrogens with one attached hydrogen (secondary N) is 1. The molecule has 122 valence electrons. The van der Waals surface area contributed by atoms with Gasteiger partial charge < -0.3 is 4.98 Å². The number of nitrogens with zero attached hydrogens (tertiary/aromatic N) is 1. The Morgan fingerprint density at radius 2 is 1.75 bits per heavy atom. The second-order valence-electron chi connectivity index (χ2n) is 7.35. The van der Waals surface area contributed by atoms with E-state index in [-0.39, 0.29) is 35.5 Å². The van der Waals surface area contributed by atoms with Crippen LogP contribution in [0.2, 0.25) is 0 Å². The van der Waals surface area contributed by atoms with Crippen molar-refractivity contribution < 1.29 is 9.59 Å². The highest BCUT2D eigenvalue weighted by Crippen LogP contribution is 2.52. The van der Waals surface area contributed by atoms with Crippen LogP contribution in [-0.2, 0) is 16.0 Å². The Kier molecular flexibility index (Phi) is 2.82. The number of aryl methyl sites for hydroxylation is 1. The van der Waals surface area contributed by atoms with Crippen molar-refractivity contribution in [3.63, 3.8) is 0 Å². The molecule has 1 aromatic carbocycles. The zero-order chi connectivity index (χ0) is 16.4. The SMILES string of the molecule is Cc1[nH]c2ccccc2c1CCN1C(=O)[C@@H]2[C@H](C1=O)[C@H]1C=C[C@@H]2C1. The van der Waals surface area contributed by atoms with E-state index in [4.69, 9.17) is 0 Å². The maximum atomic E-state index is 12.8. The van der Waals surface area contributed by atoms with E-state index in [2.05, 4.69) is 36.2 Å². The number of likely N-dealkylation sites (tertiary alicyclic amines) is 1. The maximum Gasteiger partial charge on any atom is 0.233 e. The summed E-state index contributed by atoms with van der Waals surface area (Å²) in [5.74, 6) is 0.513. The van der Waals surface area contributed by atoms with Crippen molar-refractivity contribution in [3.05, 3.63) is 47.7 Å². The zero-order valence-electron chi connectivity index (χ0n) is 13.7. The molecule has 5 rings (SSSR count). The highest BCUT2D eigenvalue weighted by molar-refractivity contribution is 6.06. The fourth-order valence-electron chi connectivity index (χ4n) is 5.06. The number of rotatable bonds is 3. The summed E-state index contributed by atoms with van der Waals surface area (Å²) in [5, 5.41) is 1.19. The van der Waals surface area contributed by atoms with E-state index >= 15 is 0 Å². The molecule has 1 saturated heterocycles. The summed E-state index contributed by atoms with van der Waals surface area (Å²) in [6.07, 6.45) is 5.99. The van der Waals surface area contributed by atoms with Crippen molar-refractivity contribution in [1.82, 2.24) is 9.88 Å². The highest BCUT2D eigenvalue weighted by Gasteiger charge is 2.58. The minimum absolute atomic E-state index is 0.0549. The van der Waals surface area contributed by atoms with Crippen LogP contribution in [0.4, 0.5) is 0 Å². The highest BCUT2D eigenvalue weighted by atomic mass is 16.2. The fourth-order valence-corrected chi connectivity index (χ4v) is 5.06. The number of hydrogen-bond donors (Lipinski definition) is 1. The molecule has 1 N–H and O–H groups in total. The molecular weight excluding hydrogens is 300 g/mol. The van der Waals surface area contributed by atoms with Gasteiger partial charge in [0.05, 0.1) is 11.8 Å². The molecule has 2 heterocycles. The Balaban J connectivity index is 1.40. The number of benzene rings is 1. The van der Waals surface area contributed by atoms with Crippen molar-refractivity contribution in [3.8, 4) is 0 Å². The number of carbonyl (C=O) groups is 2. The summed E-state index contributed by atoms with van der Waals surface area (Å²) in [7, 11) is 0. The smallest absolute Gasteiger partial charge is 0.233 e. The third-order valence-corrected chi connectivity index (χ3v) is 6.17. The summed E-state index contributed by atoms with van der Waals surface area (Å²) in [4.78, 5) is 30.4. The van der Waals surface area contributed by atoms with Gasteiger partial charge in [0.1, 0.15) is 0 Å². The predicted octanol–water partition coefficient (Wildman–Crippen LogP) is 2.83. The number of H-pyrrole nitrogens is 1. The molecule has 2 amide bonds. The number of amides is 2. The standard InChI is InChI=1S/C20H20N2O2/c1-11-14(15-4-2-3-5-16(15)21-11)8-9-22-19(23)17-12-6-7-13(10-12)18(17)20(22)24/h2-7,12-13,17-18,21H,8-10H2,1H3/t12-,13+,17+,18-. The van der Waals surface area contributed by atoms with Gasteiger partial charge in [0.2, 0.25) is 11.8 Å². The normalized spacial score (nSPS) is 30.8. The molecular formula is C20H20N2O2. The number of allylic oxidation sites excluding steroid dienone is 2. The van der Waals surface area contributed by atoms with Gasteiger partial charge in [-0.05, 0) is 43.2 Å². The molecule has 2 bridgehead atoms. The van der Waals surface area contributed by atoms with Gasteiger partial charge in [-0.15, -0.1) is 0 Å². The summed E-state index contributed by atoms with van der Waals surface area (Å²) >= 11 is 0. The Morgan fingerprint density at radius 3 is 2.46 bits per heavy atom. The molecule has 4 nitrogen and oxygen atoms in total. The lowest BCUT2D eigenvalue weighted by Gasteiger charge is -2.17. The van der Waals surface area contributed by atoms with E-state index in [1.807, 2.05) is 12.1 Å². The second-order valence-corrected chi connectivity index (χ2v) is 7.35. The van der Waals surface area contributed by atoms with Crippen LogP contribution in [0, 0.1) is 30.6 Å². The van der Waals surface area contributed by atoms with E-state index in [9.17, 15) is 9.59 Å². The van der Waals surface area contributed by atoms with Crippen molar-refractivity contribution in [2.24, 2.45) is 23.7 Å². The lowest BCUT2D eigenvalue weighted by molar-refractivity contribution is -0.140. The molecule has 1 aliphatic heterocycles. The van der Waals surface area contributed by atoms with Gasteiger partial charge in [-0.25, -0.2) is 0 Å². The quantitative estimate of drug-likeness (QED) is 0.698. The first-order chi connectivity index (χ1) is 11.6. The summed E-state index contributed by atoms with van der Waals surface area (Å²) in [6, 6.07) is 8.20. The van der Waals surface area contributed by atoms with E-state index in [0.717, 1.165) is 24.1 Å². The molecule has 2 aliphatic carbocycles. The van der Waals surface area contributed by atoms with Crippen molar-refractivity contribution >= 4 is 22.7 Å². The first-order valence-corrected chi connectivity index (χ1v) is 8.75. The summed E-state index contributed by atoms with van der Waals surface area (Å²) in [5.41, 5.74) is 3.45. The topological polar surface area (TPSA) is 53.2 Å². The van der Waals surface area contributed by atoms with Crippen molar-refractivity contribution in [2.75, 3.05) is 6.54 Å². The number of aromatic amines is 1. The van der Waals surface area contributed by atoms with Gasteiger partial charge in [-0.1, -0.05) is 30.4 Å². The average Bonchev–Trinajstić information content (AvgIpc) is 3.30. The minimum Gasteiger partial charge on any atom is -0.358 e. The fraction of sp³-hybridized carbons (Fsp3) is 0.400. The van der Waals surface area contributed by atoms with Crippen LogP contribution in [0.25, 0.3) is 10.9 Å². The first kappa shape index (κ1) is 14.0. The lowest BCUT2D eigenvalue weighted by Crippen LogP contribution is -2.34. The molecule has 1 saturated carbocycles. The summed E-state index contributed by atoms with van der Waals surface area (Å²) < 4.78 is 0. The first-order valence-electron chi connectivity index (χ1n) is 8.75. The van der Waals surface area contributed by atoms with E-state index < -0.39 is 0 Å². The van der Waals surface area contributed by atoms with Crippen LogP contribution in [0.1, 0.15) is 17.7 Å². The Labute approximate surface area is 140 Å². The predicted molar refractivity (Wildman–Crippen MR) is 91.2 cm³/mol. The van der Waals surface area contributed by atoms with Gasteiger partial charge in [0.25, 0.3) is 0 Å². The van der Waals surface area contributed by atoms with Gasteiger partial charge in [0.15, 0.2) is 0 Å². The third kappa shape index (κ3) is 1.74. The maximum absolute atomic E-state index is 12.8. The lowest BCUT2D eigenvalue weighted by atomic mass is 9.85. The van der Waals surface area contributed by atoms with Gasteiger partial charge in [0, 0.05) is 23.1 Å². The molecule has 0 spiro atoms. The second kappa shape index (κ2) is 4.82. The minimum atomic E-state index is -0.0865. The zero-order valence-corrected chi connectivity index (χ0v) is 13.7. The largest absolute Gasteiger partial charge is 0.358 e. The van der Waals surface area contributed by atoms with Crippen LogP contribution in [0.15, 0.2) is 36.4 Å². The molecule has 0 radical (unpaired) electrons. The van der Waals surface area contributed by atoms with Crippen LogP contribution in [0.3, 0.4) is 0 Å². The number of hydrogen-bond acceptors (Lipinski definition) is 2. The molecule has 24 heavy (non-hydrogen) atoms. The number of carbonyl (C=O) groups excluding carboxylic acids is 2. The molecule has 2 aromatic rings. The number of para-hydroxylation sites is 1. The Bertz CT molecular complexity index is 864. The average molecular weight is 320 g/mol. The third-order valence-electron chi connectivity index (χ3n) is 6.17. The van der Waals surface area contributed by atoms with Crippen LogP contribution >= 0.6 is 0 Å². The van der Waals surface area contributed by atoms with Crippen LogP contribution in [0.5, 0.6) is 0 Å². The molecule has 0 unspecified atom stereocenters. The number of aromatic nitrogens is 1.